The smallest absolute Gasteiger partial charge is 0.151 e. The van der Waals surface area contributed by atoms with Crippen LogP contribution < -0.4 is 0 Å². The van der Waals surface area contributed by atoms with E-state index in [1.807, 2.05) is 13.8 Å². The molecule has 0 spiro atoms. The van der Waals surface area contributed by atoms with E-state index in [-0.39, 0.29) is 6.10 Å². The van der Waals surface area contributed by atoms with Crippen molar-refractivity contribution in [1.29, 1.82) is 0 Å². The highest BCUT2D eigenvalue weighted by molar-refractivity contribution is 6.16. The zero-order chi connectivity index (χ0) is 8.97. The fourth-order valence-electron chi connectivity index (χ4n) is 0.739. The second-order valence-electron chi connectivity index (χ2n) is 2.78. The van der Waals surface area contributed by atoms with Crippen molar-refractivity contribution in [3.05, 3.63) is 17.5 Å². The topological polar surface area (TPSA) is 35.3 Å². The first-order chi connectivity index (χ1) is 5.72. The summed E-state index contributed by atoms with van der Waals surface area (Å²) in [4.78, 5) is 0. The summed E-state index contributed by atoms with van der Waals surface area (Å²) in [5.41, 5.74) is 0.791. The molecule has 68 valence electrons. The summed E-state index contributed by atoms with van der Waals surface area (Å²) in [6.07, 6.45) is 0.209. The van der Waals surface area contributed by atoms with Gasteiger partial charge in [-0.15, -0.1) is 11.6 Å². The van der Waals surface area contributed by atoms with Gasteiger partial charge in [0.2, 0.25) is 0 Å². The van der Waals surface area contributed by atoms with Crippen LogP contribution in [0, 0.1) is 0 Å². The molecule has 1 heterocycles. The summed E-state index contributed by atoms with van der Waals surface area (Å²) >= 11 is 5.53. The summed E-state index contributed by atoms with van der Waals surface area (Å²) in [5.74, 6) is 1.04. The molecule has 0 aliphatic carbocycles. The zero-order valence-electron chi connectivity index (χ0n) is 7.21. The quantitative estimate of drug-likeness (QED) is 0.682. The number of hydrogen-bond donors (Lipinski definition) is 0. The van der Waals surface area contributed by atoms with Crippen molar-refractivity contribution in [2.75, 3.05) is 0 Å². The Hall–Kier alpha value is -0.540. The van der Waals surface area contributed by atoms with Crippen molar-refractivity contribution in [3.63, 3.8) is 0 Å². The van der Waals surface area contributed by atoms with Crippen LogP contribution in [0.3, 0.4) is 0 Å². The fraction of sp³-hybridized carbons (Fsp3) is 0.625. The van der Waals surface area contributed by atoms with Crippen molar-refractivity contribution >= 4 is 11.6 Å². The summed E-state index contributed by atoms with van der Waals surface area (Å²) in [6.45, 7) is 4.43. The van der Waals surface area contributed by atoms with E-state index in [4.69, 9.17) is 20.9 Å². The Bertz CT molecular complexity index is 235. The summed E-state index contributed by atoms with van der Waals surface area (Å²) < 4.78 is 10.2. The minimum atomic E-state index is 0.209. The second-order valence-corrected chi connectivity index (χ2v) is 3.05. The summed E-state index contributed by atoms with van der Waals surface area (Å²) in [6, 6.07) is 1.80. The number of aromatic nitrogens is 1. The standard InChI is InChI=1S/C8H12ClNO2/c1-6(2)11-5-7-3-8(4-9)12-10-7/h3,6H,4-5H2,1-2H3. The molecule has 0 bridgehead atoms. The van der Waals surface area contributed by atoms with Crippen molar-refractivity contribution in [2.45, 2.75) is 32.4 Å². The highest BCUT2D eigenvalue weighted by atomic mass is 35.5. The van der Waals surface area contributed by atoms with E-state index in [1.165, 1.54) is 0 Å². The molecule has 0 saturated carbocycles. The Labute approximate surface area is 76.6 Å². The lowest BCUT2D eigenvalue weighted by Gasteiger charge is -2.03. The Kier molecular flexibility index (Phi) is 3.56. The average Bonchev–Trinajstić information content (AvgIpc) is 2.48. The maximum atomic E-state index is 5.53. The molecule has 0 fully saturated rings. The van der Waals surface area contributed by atoms with Gasteiger partial charge in [-0.05, 0) is 13.8 Å². The molecule has 0 aliphatic rings. The van der Waals surface area contributed by atoms with E-state index >= 15 is 0 Å². The molecular formula is C8H12ClNO2. The van der Waals surface area contributed by atoms with Gasteiger partial charge in [0.05, 0.1) is 18.6 Å². The molecule has 0 radical (unpaired) electrons. The van der Waals surface area contributed by atoms with Crippen LogP contribution in [0.4, 0.5) is 0 Å². The van der Waals surface area contributed by atoms with E-state index < -0.39 is 0 Å². The number of alkyl halides is 1. The van der Waals surface area contributed by atoms with Crippen LogP contribution in [0.15, 0.2) is 10.6 Å². The third kappa shape index (κ3) is 2.83. The lowest BCUT2D eigenvalue weighted by Crippen LogP contribution is -2.02. The maximum absolute atomic E-state index is 5.53. The third-order valence-electron chi connectivity index (χ3n) is 1.30. The van der Waals surface area contributed by atoms with E-state index in [0.29, 0.717) is 18.2 Å². The number of rotatable bonds is 4. The minimum absolute atomic E-state index is 0.209. The number of hydrogen-bond acceptors (Lipinski definition) is 3. The second kappa shape index (κ2) is 4.48. The highest BCUT2D eigenvalue weighted by Gasteiger charge is 2.03. The molecule has 4 heteroatoms. The zero-order valence-corrected chi connectivity index (χ0v) is 7.97. The normalized spacial score (nSPS) is 11.0. The van der Waals surface area contributed by atoms with Crippen LogP contribution in [0.25, 0.3) is 0 Å². The first kappa shape index (κ1) is 9.55. The molecule has 3 nitrogen and oxygen atoms in total. The van der Waals surface area contributed by atoms with Gasteiger partial charge < -0.3 is 9.26 Å². The van der Waals surface area contributed by atoms with Crippen molar-refractivity contribution in [2.24, 2.45) is 0 Å². The van der Waals surface area contributed by atoms with Gasteiger partial charge in [0, 0.05) is 6.07 Å². The molecule has 1 aromatic rings. The highest BCUT2D eigenvalue weighted by Crippen LogP contribution is 2.07. The van der Waals surface area contributed by atoms with E-state index in [1.54, 1.807) is 6.07 Å². The van der Waals surface area contributed by atoms with Crippen LogP contribution in [0.2, 0.25) is 0 Å². The molecule has 0 saturated heterocycles. The number of nitrogens with zero attached hydrogens (tertiary/aromatic N) is 1. The molecule has 0 atom stereocenters. The predicted molar refractivity (Wildman–Crippen MR) is 46.0 cm³/mol. The molecule has 0 amide bonds. The van der Waals surface area contributed by atoms with Gasteiger partial charge in [0.25, 0.3) is 0 Å². The van der Waals surface area contributed by atoms with Gasteiger partial charge in [-0.1, -0.05) is 5.16 Å². The van der Waals surface area contributed by atoms with Crippen LogP contribution in [-0.4, -0.2) is 11.3 Å². The molecule has 0 aliphatic heterocycles. The lowest BCUT2D eigenvalue weighted by atomic mass is 10.4. The maximum Gasteiger partial charge on any atom is 0.151 e. The lowest BCUT2D eigenvalue weighted by molar-refractivity contribution is 0.0619. The minimum Gasteiger partial charge on any atom is -0.372 e. The van der Waals surface area contributed by atoms with Crippen molar-refractivity contribution in [1.82, 2.24) is 5.16 Å². The molecular weight excluding hydrogens is 178 g/mol. The van der Waals surface area contributed by atoms with E-state index in [9.17, 15) is 0 Å². The van der Waals surface area contributed by atoms with Crippen LogP contribution in [0.5, 0.6) is 0 Å². The Morgan fingerprint density at radius 2 is 2.42 bits per heavy atom. The SMILES string of the molecule is CC(C)OCc1cc(CCl)on1. The van der Waals surface area contributed by atoms with E-state index in [0.717, 1.165) is 5.69 Å². The molecule has 0 unspecified atom stereocenters. The summed E-state index contributed by atoms with van der Waals surface area (Å²) in [7, 11) is 0. The predicted octanol–water partition coefficient (Wildman–Crippen LogP) is 2.34. The monoisotopic (exact) mass is 189 g/mol. The van der Waals surface area contributed by atoms with Crippen LogP contribution >= 0.6 is 11.6 Å². The van der Waals surface area contributed by atoms with Crippen LogP contribution in [-0.2, 0) is 17.2 Å². The van der Waals surface area contributed by atoms with Gasteiger partial charge in [-0.3, -0.25) is 0 Å². The average molecular weight is 190 g/mol. The largest absolute Gasteiger partial charge is 0.372 e. The number of halogens is 1. The first-order valence-corrected chi connectivity index (χ1v) is 4.38. The Morgan fingerprint density at radius 1 is 1.67 bits per heavy atom. The summed E-state index contributed by atoms with van der Waals surface area (Å²) in [5, 5.41) is 3.77. The fourth-order valence-corrected chi connectivity index (χ4v) is 0.865. The molecule has 12 heavy (non-hydrogen) atoms. The van der Waals surface area contributed by atoms with Crippen molar-refractivity contribution < 1.29 is 9.26 Å². The molecule has 1 rings (SSSR count). The third-order valence-corrected chi connectivity index (χ3v) is 1.57. The van der Waals surface area contributed by atoms with Gasteiger partial charge in [-0.25, -0.2) is 0 Å². The van der Waals surface area contributed by atoms with Gasteiger partial charge in [0.15, 0.2) is 5.76 Å². The van der Waals surface area contributed by atoms with Gasteiger partial charge in [-0.2, -0.15) is 0 Å². The Morgan fingerprint density at radius 3 is 2.92 bits per heavy atom. The van der Waals surface area contributed by atoms with E-state index in [2.05, 4.69) is 5.16 Å². The Balaban J connectivity index is 2.41. The molecule has 1 aromatic heterocycles. The van der Waals surface area contributed by atoms with Crippen molar-refractivity contribution in [3.8, 4) is 0 Å². The van der Waals surface area contributed by atoms with Crippen LogP contribution in [0.1, 0.15) is 25.3 Å². The number of ether oxygens (including phenoxy) is 1. The van der Waals surface area contributed by atoms with Gasteiger partial charge in [0.1, 0.15) is 5.69 Å². The molecule has 0 N–H and O–H groups in total. The van der Waals surface area contributed by atoms with Gasteiger partial charge >= 0.3 is 0 Å². The first-order valence-electron chi connectivity index (χ1n) is 3.84. The molecule has 0 aromatic carbocycles.